The number of fused-ring (bicyclic) bond motifs is 1. The Kier molecular flexibility index (Phi) is 6.25. The summed E-state index contributed by atoms with van der Waals surface area (Å²) in [5.41, 5.74) is 3.29. The Bertz CT molecular complexity index is 1100. The summed E-state index contributed by atoms with van der Waals surface area (Å²) in [7, 11) is 0. The summed E-state index contributed by atoms with van der Waals surface area (Å²) < 4.78 is 16.7. The molecule has 4 nitrogen and oxygen atoms in total. The van der Waals surface area contributed by atoms with E-state index in [-0.39, 0.29) is 11.4 Å². The standard InChI is InChI=1S/C27H34BrFN4/c1-19(2)24-10-4-20(3)16-27(24,25-18-32-17-21(28)5-11-26(32)30-25)33-14-12-31(13-15-33)23-8-6-22(29)7-9-23/h5-9,11,17-20,24H,4,10,12-16H2,1-3H3. The van der Waals surface area contributed by atoms with Crippen LogP contribution in [0.4, 0.5) is 10.1 Å². The predicted octanol–water partition coefficient (Wildman–Crippen LogP) is 6.35. The van der Waals surface area contributed by atoms with Crippen molar-refractivity contribution >= 4 is 27.3 Å². The van der Waals surface area contributed by atoms with Crippen molar-refractivity contribution in [3.8, 4) is 0 Å². The molecule has 3 atom stereocenters. The van der Waals surface area contributed by atoms with Gasteiger partial charge in [-0.15, -0.1) is 0 Å². The van der Waals surface area contributed by atoms with E-state index in [1.165, 1.54) is 18.5 Å². The zero-order chi connectivity index (χ0) is 23.2. The van der Waals surface area contributed by atoms with Gasteiger partial charge in [0, 0.05) is 48.7 Å². The fourth-order valence-corrected chi connectivity index (χ4v) is 6.73. The Hall–Kier alpha value is -1.92. The molecule has 1 aromatic carbocycles. The molecular formula is C27H34BrFN4. The number of aromatic nitrogens is 2. The second-order valence-electron chi connectivity index (χ2n) is 10.4. The first kappa shape index (κ1) is 22.9. The largest absolute Gasteiger partial charge is 0.369 e. The molecule has 5 rings (SSSR count). The van der Waals surface area contributed by atoms with E-state index in [9.17, 15) is 4.39 Å². The number of hydrogen-bond donors (Lipinski definition) is 0. The van der Waals surface area contributed by atoms with Crippen LogP contribution in [0.3, 0.4) is 0 Å². The van der Waals surface area contributed by atoms with Gasteiger partial charge in [0.05, 0.1) is 11.2 Å². The van der Waals surface area contributed by atoms with Crippen LogP contribution in [-0.2, 0) is 5.54 Å². The summed E-state index contributed by atoms with van der Waals surface area (Å²) >= 11 is 3.62. The molecule has 0 spiro atoms. The van der Waals surface area contributed by atoms with Gasteiger partial charge in [0.1, 0.15) is 11.5 Å². The first-order valence-corrected chi connectivity index (χ1v) is 13.1. The lowest BCUT2D eigenvalue weighted by molar-refractivity contribution is -0.0465. The van der Waals surface area contributed by atoms with Crippen molar-refractivity contribution < 1.29 is 4.39 Å². The van der Waals surface area contributed by atoms with Gasteiger partial charge in [0.2, 0.25) is 0 Å². The van der Waals surface area contributed by atoms with Crippen LogP contribution in [0, 0.1) is 23.6 Å². The molecule has 1 aliphatic carbocycles. The van der Waals surface area contributed by atoms with Crippen LogP contribution in [0.1, 0.15) is 45.7 Å². The maximum Gasteiger partial charge on any atom is 0.137 e. The number of anilines is 1. The van der Waals surface area contributed by atoms with E-state index in [1.54, 1.807) is 12.1 Å². The van der Waals surface area contributed by atoms with Gasteiger partial charge in [-0.05, 0) is 82.9 Å². The fourth-order valence-electron chi connectivity index (χ4n) is 6.38. The highest BCUT2D eigenvalue weighted by molar-refractivity contribution is 9.10. The van der Waals surface area contributed by atoms with E-state index in [2.05, 4.69) is 75.4 Å². The zero-order valence-corrected chi connectivity index (χ0v) is 21.4. The van der Waals surface area contributed by atoms with Crippen molar-refractivity contribution in [1.82, 2.24) is 14.3 Å². The van der Waals surface area contributed by atoms with Crippen LogP contribution in [0.2, 0.25) is 0 Å². The average molecular weight is 513 g/mol. The van der Waals surface area contributed by atoms with Gasteiger partial charge in [0.25, 0.3) is 0 Å². The molecule has 176 valence electrons. The number of hydrogen-bond acceptors (Lipinski definition) is 3. The smallest absolute Gasteiger partial charge is 0.137 e. The summed E-state index contributed by atoms with van der Waals surface area (Å²) in [6.07, 6.45) is 8.08. The number of halogens is 2. The van der Waals surface area contributed by atoms with Gasteiger partial charge in [0.15, 0.2) is 0 Å². The molecule has 3 aromatic rings. The zero-order valence-electron chi connectivity index (χ0n) is 19.8. The van der Waals surface area contributed by atoms with E-state index < -0.39 is 0 Å². The highest BCUT2D eigenvalue weighted by atomic mass is 79.9. The molecule has 6 heteroatoms. The minimum Gasteiger partial charge on any atom is -0.369 e. The molecule has 3 unspecified atom stereocenters. The van der Waals surface area contributed by atoms with Crippen molar-refractivity contribution in [2.75, 3.05) is 31.1 Å². The third-order valence-corrected chi connectivity index (χ3v) is 8.41. The molecule has 0 amide bonds. The third kappa shape index (κ3) is 4.21. The van der Waals surface area contributed by atoms with Crippen LogP contribution in [-0.4, -0.2) is 40.5 Å². The molecular weight excluding hydrogens is 479 g/mol. The van der Waals surface area contributed by atoms with E-state index in [0.29, 0.717) is 17.8 Å². The maximum atomic E-state index is 13.4. The summed E-state index contributed by atoms with van der Waals surface area (Å²) in [6.45, 7) is 11.1. The maximum absolute atomic E-state index is 13.4. The highest BCUT2D eigenvalue weighted by Crippen LogP contribution is 2.51. The van der Waals surface area contributed by atoms with Crippen molar-refractivity contribution in [2.24, 2.45) is 17.8 Å². The first-order valence-electron chi connectivity index (χ1n) is 12.3. The van der Waals surface area contributed by atoms with Crippen molar-refractivity contribution in [3.05, 3.63) is 64.8 Å². The number of benzene rings is 1. The quantitative estimate of drug-likeness (QED) is 0.407. The first-order chi connectivity index (χ1) is 15.9. The van der Waals surface area contributed by atoms with Crippen LogP contribution in [0.25, 0.3) is 5.65 Å². The van der Waals surface area contributed by atoms with E-state index in [1.807, 2.05) is 12.1 Å². The fraction of sp³-hybridized carbons (Fsp3) is 0.519. The minimum absolute atomic E-state index is 0.0563. The summed E-state index contributed by atoms with van der Waals surface area (Å²) in [6, 6.07) is 11.1. The van der Waals surface area contributed by atoms with Crippen LogP contribution >= 0.6 is 15.9 Å². The number of rotatable bonds is 4. The van der Waals surface area contributed by atoms with Crippen LogP contribution in [0.5, 0.6) is 0 Å². The average Bonchev–Trinajstić information content (AvgIpc) is 3.23. The molecule has 3 heterocycles. The van der Waals surface area contributed by atoms with Crippen molar-refractivity contribution in [3.63, 3.8) is 0 Å². The molecule has 2 aliphatic rings. The lowest BCUT2D eigenvalue weighted by Gasteiger charge is -2.55. The minimum atomic E-state index is -0.175. The second kappa shape index (κ2) is 9.03. The Morgan fingerprint density at radius 1 is 1.00 bits per heavy atom. The Morgan fingerprint density at radius 2 is 1.73 bits per heavy atom. The van der Waals surface area contributed by atoms with E-state index in [0.717, 1.165) is 48.4 Å². The van der Waals surface area contributed by atoms with Gasteiger partial charge in [-0.1, -0.05) is 27.2 Å². The Balaban J connectivity index is 1.52. The lowest BCUT2D eigenvalue weighted by Crippen LogP contribution is -2.61. The SMILES string of the molecule is CC1CCC(C(C)C)C(c2cn3cc(Br)ccc3n2)(N2CCN(c3ccc(F)cc3)CC2)C1. The van der Waals surface area contributed by atoms with Gasteiger partial charge < -0.3 is 9.30 Å². The molecule has 1 saturated carbocycles. The monoisotopic (exact) mass is 512 g/mol. The molecule has 0 N–H and O–H groups in total. The molecule has 33 heavy (non-hydrogen) atoms. The third-order valence-electron chi connectivity index (χ3n) is 7.94. The van der Waals surface area contributed by atoms with E-state index >= 15 is 0 Å². The van der Waals surface area contributed by atoms with Crippen LogP contribution < -0.4 is 4.90 Å². The van der Waals surface area contributed by atoms with Crippen molar-refractivity contribution in [1.29, 1.82) is 0 Å². The van der Waals surface area contributed by atoms with Crippen LogP contribution in [0.15, 0.2) is 53.3 Å². The van der Waals surface area contributed by atoms with Gasteiger partial charge >= 0.3 is 0 Å². The number of imidazole rings is 1. The topological polar surface area (TPSA) is 23.8 Å². The molecule has 0 radical (unpaired) electrons. The lowest BCUT2D eigenvalue weighted by atomic mass is 9.62. The van der Waals surface area contributed by atoms with Gasteiger partial charge in [-0.2, -0.15) is 0 Å². The normalized spacial score (nSPS) is 26.9. The van der Waals surface area contributed by atoms with Crippen molar-refractivity contribution in [2.45, 2.75) is 45.6 Å². The predicted molar refractivity (Wildman–Crippen MR) is 136 cm³/mol. The number of piperazine rings is 1. The molecule has 1 saturated heterocycles. The number of nitrogens with zero attached hydrogens (tertiary/aromatic N) is 4. The summed E-state index contributed by atoms with van der Waals surface area (Å²) in [5, 5.41) is 0. The number of pyridine rings is 1. The highest BCUT2D eigenvalue weighted by Gasteiger charge is 2.51. The Labute approximate surface area is 204 Å². The molecule has 1 aliphatic heterocycles. The summed E-state index contributed by atoms with van der Waals surface area (Å²) in [5.74, 6) is 1.65. The molecule has 0 bridgehead atoms. The molecule has 2 fully saturated rings. The van der Waals surface area contributed by atoms with Gasteiger partial charge in [-0.25, -0.2) is 9.37 Å². The second-order valence-corrected chi connectivity index (χ2v) is 11.3. The van der Waals surface area contributed by atoms with Gasteiger partial charge in [-0.3, -0.25) is 4.90 Å². The molecule has 2 aromatic heterocycles. The Morgan fingerprint density at radius 3 is 2.42 bits per heavy atom. The van der Waals surface area contributed by atoms with E-state index in [4.69, 9.17) is 4.98 Å². The summed E-state index contributed by atoms with van der Waals surface area (Å²) in [4.78, 5) is 10.4.